The SMILES string of the molecule is CN=C(NCc1cccc(COC2CCOCC2)c1)N(C)Cc1cnn(-c2ccccc2)c1.I. The number of nitrogens with one attached hydrogen (secondary N) is 1. The minimum absolute atomic E-state index is 0. The van der Waals surface area contributed by atoms with Crippen molar-refractivity contribution in [2.24, 2.45) is 4.99 Å². The lowest BCUT2D eigenvalue weighted by Crippen LogP contribution is -2.38. The third-order valence-electron chi connectivity index (χ3n) is 5.75. The maximum absolute atomic E-state index is 6.07. The van der Waals surface area contributed by atoms with E-state index in [4.69, 9.17) is 9.47 Å². The average molecular weight is 575 g/mol. The fraction of sp³-hybridized carbons (Fsp3) is 0.385. The van der Waals surface area contributed by atoms with Crippen LogP contribution in [0.25, 0.3) is 5.69 Å². The quantitative estimate of drug-likeness (QED) is 0.245. The summed E-state index contributed by atoms with van der Waals surface area (Å²) in [6.45, 7) is 3.65. The molecule has 34 heavy (non-hydrogen) atoms. The minimum atomic E-state index is 0. The Morgan fingerprint density at radius 1 is 1.12 bits per heavy atom. The molecule has 1 aliphatic heterocycles. The number of rotatable bonds is 8. The van der Waals surface area contributed by atoms with Gasteiger partial charge < -0.3 is 19.7 Å². The zero-order chi connectivity index (χ0) is 22.9. The van der Waals surface area contributed by atoms with E-state index >= 15 is 0 Å². The first-order valence-electron chi connectivity index (χ1n) is 11.5. The number of hydrogen-bond donors (Lipinski definition) is 1. The molecule has 0 amide bonds. The smallest absolute Gasteiger partial charge is 0.193 e. The number of benzene rings is 2. The van der Waals surface area contributed by atoms with Crippen LogP contribution < -0.4 is 5.32 Å². The van der Waals surface area contributed by atoms with Gasteiger partial charge in [-0.1, -0.05) is 42.5 Å². The maximum atomic E-state index is 6.07. The second-order valence-corrected chi connectivity index (χ2v) is 8.33. The van der Waals surface area contributed by atoms with E-state index in [9.17, 15) is 0 Å². The number of halogens is 1. The van der Waals surface area contributed by atoms with Gasteiger partial charge in [-0.25, -0.2) is 4.68 Å². The molecule has 0 aliphatic carbocycles. The first kappa shape index (κ1) is 26.2. The molecule has 2 aromatic carbocycles. The highest BCUT2D eigenvalue weighted by Gasteiger charge is 2.14. The van der Waals surface area contributed by atoms with Crippen molar-refractivity contribution >= 4 is 29.9 Å². The Bertz CT molecular complexity index is 1030. The van der Waals surface area contributed by atoms with Crippen LogP contribution >= 0.6 is 24.0 Å². The minimum Gasteiger partial charge on any atom is -0.381 e. The maximum Gasteiger partial charge on any atom is 0.193 e. The molecule has 1 N–H and O–H groups in total. The van der Waals surface area contributed by atoms with Crippen molar-refractivity contribution in [1.82, 2.24) is 20.0 Å². The standard InChI is InChI=1S/C26H33N5O2.HI/c1-27-26(30(2)18-23-17-29-31(19-23)24-9-4-3-5-10-24)28-16-21-7-6-8-22(15-21)20-33-25-11-13-32-14-12-25;/h3-10,15,17,19,25H,11-14,16,18,20H2,1-2H3,(H,27,28);1H. The molecule has 0 bridgehead atoms. The highest BCUT2D eigenvalue weighted by Crippen LogP contribution is 2.15. The molecule has 0 spiro atoms. The molecule has 0 saturated carbocycles. The number of hydrogen-bond acceptors (Lipinski definition) is 4. The molecule has 8 heteroatoms. The zero-order valence-corrected chi connectivity index (χ0v) is 22.2. The largest absolute Gasteiger partial charge is 0.381 e. The Morgan fingerprint density at radius 3 is 2.65 bits per heavy atom. The summed E-state index contributed by atoms with van der Waals surface area (Å²) < 4.78 is 13.4. The van der Waals surface area contributed by atoms with E-state index in [-0.39, 0.29) is 24.0 Å². The Morgan fingerprint density at radius 2 is 1.88 bits per heavy atom. The number of aliphatic imine (C=N–C) groups is 1. The molecule has 1 aromatic heterocycles. The van der Waals surface area contributed by atoms with E-state index in [1.54, 1.807) is 0 Å². The number of aromatic nitrogens is 2. The molecule has 4 rings (SSSR count). The van der Waals surface area contributed by atoms with Crippen molar-refractivity contribution in [3.63, 3.8) is 0 Å². The third kappa shape index (κ3) is 7.54. The zero-order valence-electron chi connectivity index (χ0n) is 19.9. The molecule has 1 saturated heterocycles. The molecule has 1 aliphatic rings. The van der Waals surface area contributed by atoms with Gasteiger partial charge in [-0.2, -0.15) is 5.10 Å². The molecule has 182 valence electrons. The van der Waals surface area contributed by atoms with E-state index in [1.807, 2.05) is 55.3 Å². The van der Waals surface area contributed by atoms with Gasteiger partial charge in [0.2, 0.25) is 0 Å². The van der Waals surface area contributed by atoms with Gasteiger partial charge in [0, 0.05) is 52.2 Å². The van der Waals surface area contributed by atoms with E-state index in [2.05, 4.69) is 50.8 Å². The molecule has 0 unspecified atom stereocenters. The van der Waals surface area contributed by atoms with Crippen LogP contribution in [0.3, 0.4) is 0 Å². The van der Waals surface area contributed by atoms with Gasteiger partial charge in [0.05, 0.1) is 24.6 Å². The lowest BCUT2D eigenvalue weighted by atomic mass is 10.1. The third-order valence-corrected chi connectivity index (χ3v) is 5.75. The van der Waals surface area contributed by atoms with Crippen LogP contribution in [0, 0.1) is 0 Å². The summed E-state index contributed by atoms with van der Waals surface area (Å²) in [5.41, 5.74) is 4.57. The number of ether oxygens (including phenoxy) is 2. The van der Waals surface area contributed by atoms with E-state index < -0.39 is 0 Å². The van der Waals surface area contributed by atoms with Gasteiger partial charge >= 0.3 is 0 Å². The second kappa shape index (κ2) is 13.5. The predicted octanol–water partition coefficient (Wildman–Crippen LogP) is 4.39. The van der Waals surface area contributed by atoms with Crippen molar-refractivity contribution in [3.8, 4) is 5.69 Å². The molecular weight excluding hydrogens is 541 g/mol. The molecule has 1 fully saturated rings. The van der Waals surface area contributed by atoms with Gasteiger partial charge in [0.25, 0.3) is 0 Å². The molecular formula is C26H34IN5O2. The molecule has 0 radical (unpaired) electrons. The number of nitrogens with zero attached hydrogens (tertiary/aromatic N) is 4. The Balaban J connectivity index is 0.00000324. The molecule has 7 nitrogen and oxygen atoms in total. The van der Waals surface area contributed by atoms with Crippen molar-refractivity contribution in [1.29, 1.82) is 0 Å². The predicted molar refractivity (Wildman–Crippen MR) is 146 cm³/mol. The van der Waals surface area contributed by atoms with Crippen LogP contribution in [-0.4, -0.2) is 54.1 Å². The highest BCUT2D eigenvalue weighted by molar-refractivity contribution is 14.0. The van der Waals surface area contributed by atoms with E-state index in [1.165, 1.54) is 11.1 Å². The topological polar surface area (TPSA) is 63.9 Å². The number of para-hydroxylation sites is 1. The lowest BCUT2D eigenvalue weighted by Gasteiger charge is -2.23. The van der Waals surface area contributed by atoms with Gasteiger partial charge in [-0.15, -0.1) is 24.0 Å². The van der Waals surface area contributed by atoms with E-state index in [0.29, 0.717) is 25.8 Å². The summed E-state index contributed by atoms with van der Waals surface area (Å²) in [7, 11) is 3.84. The highest BCUT2D eigenvalue weighted by atomic mass is 127. The van der Waals surface area contributed by atoms with Crippen molar-refractivity contribution in [2.45, 2.75) is 38.6 Å². The Hall–Kier alpha value is -2.43. The summed E-state index contributed by atoms with van der Waals surface area (Å²) in [4.78, 5) is 6.55. The molecule has 2 heterocycles. The summed E-state index contributed by atoms with van der Waals surface area (Å²) in [6.07, 6.45) is 6.22. The van der Waals surface area contributed by atoms with Crippen LogP contribution in [0.15, 0.2) is 72.0 Å². The summed E-state index contributed by atoms with van der Waals surface area (Å²) in [5.74, 6) is 0.839. The van der Waals surface area contributed by atoms with Gasteiger partial charge in [0.15, 0.2) is 5.96 Å². The summed E-state index contributed by atoms with van der Waals surface area (Å²) in [6, 6.07) is 18.7. The van der Waals surface area contributed by atoms with Crippen LogP contribution in [0.5, 0.6) is 0 Å². The van der Waals surface area contributed by atoms with Crippen molar-refractivity contribution in [2.75, 3.05) is 27.3 Å². The Labute approximate surface area is 219 Å². The van der Waals surface area contributed by atoms with Crippen LogP contribution in [0.2, 0.25) is 0 Å². The normalized spacial score (nSPS) is 14.5. The van der Waals surface area contributed by atoms with Crippen LogP contribution in [0.1, 0.15) is 29.5 Å². The fourth-order valence-corrected chi connectivity index (χ4v) is 3.96. The summed E-state index contributed by atoms with van der Waals surface area (Å²) >= 11 is 0. The van der Waals surface area contributed by atoms with Crippen LogP contribution in [-0.2, 0) is 29.2 Å². The number of guanidine groups is 1. The second-order valence-electron chi connectivity index (χ2n) is 8.33. The first-order valence-corrected chi connectivity index (χ1v) is 11.5. The summed E-state index contributed by atoms with van der Waals surface area (Å²) in [5, 5.41) is 7.96. The van der Waals surface area contributed by atoms with Crippen molar-refractivity contribution in [3.05, 3.63) is 83.7 Å². The van der Waals surface area contributed by atoms with Crippen LogP contribution in [0.4, 0.5) is 0 Å². The lowest BCUT2D eigenvalue weighted by molar-refractivity contribution is -0.0390. The fourth-order valence-electron chi connectivity index (χ4n) is 3.96. The van der Waals surface area contributed by atoms with Gasteiger partial charge in [0.1, 0.15) is 0 Å². The monoisotopic (exact) mass is 575 g/mol. The van der Waals surface area contributed by atoms with Gasteiger partial charge in [-0.3, -0.25) is 4.99 Å². The van der Waals surface area contributed by atoms with E-state index in [0.717, 1.165) is 43.3 Å². The Kier molecular flexibility index (Phi) is 10.4. The average Bonchev–Trinajstić information content (AvgIpc) is 3.33. The first-order chi connectivity index (χ1) is 16.2. The molecule has 3 aromatic rings. The molecule has 0 atom stereocenters. The van der Waals surface area contributed by atoms with Gasteiger partial charge in [-0.05, 0) is 36.1 Å². The van der Waals surface area contributed by atoms with Crippen molar-refractivity contribution < 1.29 is 9.47 Å².